The number of ether oxygens (including phenoxy) is 1. The maximum Gasteiger partial charge on any atom is 0.490 e. The fourth-order valence-electron chi connectivity index (χ4n) is 4.02. The van der Waals surface area contributed by atoms with Gasteiger partial charge in [0.1, 0.15) is 16.7 Å². The molecule has 3 heterocycles. The van der Waals surface area contributed by atoms with E-state index in [0.29, 0.717) is 44.2 Å². The topological polar surface area (TPSA) is 113 Å². The van der Waals surface area contributed by atoms with Crippen LogP contribution >= 0.6 is 0 Å². The average Bonchev–Trinajstić information content (AvgIpc) is 3.04. The van der Waals surface area contributed by atoms with Crippen LogP contribution in [0.3, 0.4) is 0 Å². The van der Waals surface area contributed by atoms with E-state index in [9.17, 15) is 26.0 Å². The number of nitrogens with zero attached hydrogens (tertiary/aromatic N) is 4. The summed E-state index contributed by atoms with van der Waals surface area (Å²) in [6, 6.07) is 6.55. The lowest BCUT2D eigenvalue weighted by Gasteiger charge is -2.32. The van der Waals surface area contributed by atoms with Gasteiger partial charge in [0.25, 0.3) is 0 Å². The van der Waals surface area contributed by atoms with Gasteiger partial charge in [-0.25, -0.2) is 27.6 Å². The number of hydrogen-bond acceptors (Lipinski definition) is 7. The molecule has 1 saturated heterocycles. The summed E-state index contributed by atoms with van der Waals surface area (Å²) in [5.41, 5.74) is 0. The molecule has 1 aromatic heterocycles. The second-order valence-corrected chi connectivity index (χ2v) is 10.6. The Morgan fingerprint density at radius 3 is 2.33 bits per heavy atom. The van der Waals surface area contributed by atoms with Crippen LogP contribution < -0.4 is 9.64 Å². The Hall–Kier alpha value is -3.00. The summed E-state index contributed by atoms with van der Waals surface area (Å²) in [5, 5.41) is 7.12. The molecule has 2 aliphatic heterocycles. The third kappa shape index (κ3) is 6.40. The van der Waals surface area contributed by atoms with E-state index in [-0.39, 0.29) is 23.0 Å². The SMILES string of the molecule is CC(C)CN1[C@H]2CCN(c3ncc(F)cn3)CC[C@@H]2Oc2ccccc2S1(=O)=O.O=C(O)C(F)(F)F. The van der Waals surface area contributed by atoms with Crippen LogP contribution in [0.15, 0.2) is 41.6 Å². The van der Waals surface area contributed by atoms with Crippen molar-refractivity contribution < 1.29 is 40.6 Å². The van der Waals surface area contributed by atoms with E-state index in [2.05, 4.69) is 9.97 Å². The lowest BCUT2D eigenvalue weighted by atomic mass is 10.0. The van der Waals surface area contributed by atoms with Crippen molar-refractivity contribution >= 4 is 21.9 Å². The van der Waals surface area contributed by atoms with E-state index in [0.717, 1.165) is 12.4 Å². The molecular weight excluding hydrogens is 508 g/mol. The van der Waals surface area contributed by atoms with E-state index in [1.165, 1.54) is 0 Å². The minimum absolute atomic E-state index is 0.176. The molecular formula is C22H26F4N4O5S. The normalized spacial score (nSPS) is 21.7. The van der Waals surface area contributed by atoms with Crippen molar-refractivity contribution in [3.63, 3.8) is 0 Å². The summed E-state index contributed by atoms with van der Waals surface area (Å²) in [6.07, 6.45) is -1.88. The number of anilines is 1. The van der Waals surface area contributed by atoms with Crippen LogP contribution in [0, 0.1) is 11.7 Å². The highest BCUT2D eigenvalue weighted by molar-refractivity contribution is 7.89. The first-order valence-corrected chi connectivity index (χ1v) is 12.5. The Bertz CT molecular complexity index is 1160. The number of hydrogen-bond donors (Lipinski definition) is 1. The zero-order valence-corrected chi connectivity index (χ0v) is 20.3. The van der Waals surface area contributed by atoms with Crippen LogP contribution in [0.4, 0.5) is 23.5 Å². The first kappa shape index (κ1) is 27.6. The number of aliphatic carboxylic acids is 1. The quantitative estimate of drug-likeness (QED) is 0.597. The molecule has 2 aliphatic rings. The summed E-state index contributed by atoms with van der Waals surface area (Å²) < 4.78 is 79.7. The third-order valence-electron chi connectivity index (χ3n) is 5.57. The summed E-state index contributed by atoms with van der Waals surface area (Å²) in [6.45, 7) is 5.62. The van der Waals surface area contributed by atoms with E-state index >= 15 is 0 Å². The molecule has 2 aromatic rings. The van der Waals surface area contributed by atoms with Crippen LogP contribution in [-0.4, -0.2) is 71.7 Å². The van der Waals surface area contributed by atoms with Crippen LogP contribution in [0.1, 0.15) is 26.7 Å². The smallest absolute Gasteiger partial charge is 0.487 e. The number of benzene rings is 1. The number of sulfonamides is 1. The predicted molar refractivity (Wildman–Crippen MR) is 121 cm³/mol. The number of aromatic nitrogens is 2. The van der Waals surface area contributed by atoms with Crippen LogP contribution in [-0.2, 0) is 14.8 Å². The highest BCUT2D eigenvalue weighted by Gasteiger charge is 2.43. The molecule has 14 heteroatoms. The van der Waals surface area contributed by atoms with E-state index in [1.54, 1.807) is 28.6 Å². The van der Waals surface area contributed by atoms with E-state index < -0.39 is 28.0 Å². The minimum Gasteiger partial charge on any atom is -0.487 e. The van der Waals surface area contributed by atoms with Crippen molar-refractivity contribution in [2.45, 2.75) is 49.9 Å². The molecule has 0 saturated carbocycles. The highest BCUT2D eigenvalue weighted by Crippen LogP contribution is 2.37. The molecule has 0 aliphatic carbocycles. The second-order valence-electron chi connectivity index (χ2n) is 8.71. The minimum atomic E-state index is -5.08. The first-order valence-electron chi connectivity index (χ1n) is 11.1. The Balaban J connectivity index is 0.000000454. The number of halogens is 4. The number of carboxylic acids is 1. The molecule has 0 bridgehead atoms. The van der Waals surface area contributed by atoms with Gasteiger partial charge in [-0.15, -0.1) is 0 Å². The van der Waals surface area contributed by atoms with Gasteiger partial charge in [0, 0.05) is 26.1 Å². The molecule has 1 aromatic carbocycles. The summed E-state index contributed by atoms with van der Waals surface area (Å²) in [5.74, 6) is -2.22. The molecule has 9 nitrogen and oxygen atoms in total. The second kappa shape index (κ2) is 10.9. The number of carbonyl (C=O) groups is 1. The number of para-hydroxylation sites is 1. The third-order valence-corrected chi connectivity index (χ3v) is 7.50. The van der Waals surface area contributed by atoms with Crippen molar-refractivity contribution in [2.24, 2.45) is 5.92 Å². The summed E-state index contributed by atoms with van der Waals surface area (Å²) in [4.78, 5) is 19.2. The van der Waals surface area contributed by atoms with E-state index in [4.69, 9.17) is 14.6 Å². The lowest BCUT2D eigenvalue weighted by molar-refractivity contribution is -0.192. The van der Waals surface area contributed by atoms with Gasteiger partial charge in [0.15, 0.2) is 5.82 Å². The molecule has 0 spiro atoms. The number of rotatable bonds is 3. The predicted octanol–water partition coefficient (Wildman–Crippen LogP) is 3.33. The van der Waals surface area contributed by atoms with Crippen molar-refractivity contribution in [1.82, 2.24) is 14.3 Å². The monoisotopic (exact) mass is 534 g/mol. The maximum atomic E-state index is 13.5. The Morgan fingerprint density at radius 2 is 1.75 bits per heavy atom. The van der Waals surface area contributed by atoms with Gasteiger partial charge in [-0.05, 0) is 24.5 Å². The van der Waals surface area contributed by atoms with Crippen molar-refractivity contribution in [3.05, 3.63) is 42.5 Å². The lowest BCUT2D eigenvalue weighted by Crippen LogP contribution is -2.48. The van der Waals surface area contributed by atoms with Gasteiger partial charge in [-0.2, -0.15) is 17.5 Å². The Kier molecular flexibility index (Phi) is 8.39. The number of alkyl halides is 3. The van der Waals surface area contributed by atoms with Gasteiger partial charge < -0.3 is 14.7 Å². The summed E-state index contributed by atoms with van der Waals surface area (Å²) in [7, 11) is -3.68. The standard InChI is InChI=1S/C20H25FN4O3S.C2HF3O2/c1-14(2)13-25-16-7-9-24(20-22-11-15(21)12-23-20)10-8-17(16)28-18-5-3-4-6-19(18)29(25,26)27;3-2(4,5)1(6)7/h3-6,11-12,14,16-17H,7-10,13H2,1-2H3;(H,6,7)/t16-,17-;/m0./s1. The van der Waals surface area contributed by atoms with Gasteiger partial charge in [-0.1, -0.05) is 26.0 Å². The Labute approximate surface area is 205 Å². The molecule has 0 unspecified atom stereocenters. The molecule has 0 radical (unpaired) electrons. The fraction of sp³-hybridized carbons (Fsp3) is 0.500. The Morgan fingerprint density at radius 1 is 1.17 bits per heavy atom. The van der Waals surface area contributed by atoms with E-state index in [1.807, 2.05) is 18.7 Å². The molecule has 198 valence electrons. The molecule has 36 heavy (non-hydrogen) atoms. The van der Waals surface area contributed by atoms with Crippen molar-refractivity contribution in [3.8, 4) is 5.75 Å². The molecule has 1 fully saturated rings. The van der Waals surface area contributed by atoms with Gasteiger partial charge in [0.05, 0.1) is 18.4 Å². The zero-order chi connectivity index (χ0) is 26.7. The van der Waals surface area contributed by atoms with Crippen LogP contribution in [0.25, 0.3) is 0 Å². The summed E-state index contributed by atoms with van der Waals surface area (Å²) >= 11 is 0. The zero-order valence-electron chi connectivity index (χ0n) is 19.5. The largest absolute Gasteiger partial charge is 0.490 e. The molecule has 0 amide bonds. The van der Waals surface area contributed by atoms with Crippen molar-refractivity contribution in [1.29, 1.82) is 0 Å². The molecule has 1 N–H and O–H groups in total. The van der Waals surface area contributed by atoms with Crippen LogP contribution in [0.2, 0.25) is 0 Å². The first-order chi connectivity index (χ1) is 16.8. The molecule has 4 rings (SSSR count). The van der Waals surface area contributed by atoms with Gasteiger partial charge in [0.2, 0.25) is 16.0 Å². The number of carboxylic acid groups (broad SMARTS) is 1. The maximum absolute atomic E-state index is 13.5. The fourth-order valence-corrected chi connectivity index (χ4v) is 5.98. The van der Waals surface area contributed by atoms with Gasteiger partial charge in [-0.3, -0.25) is 0 Å². The average molecular weight is 535 g/mol. The van der Waals surface area contributed by atoms with Crippen molar-refractivity contribution in [2.75, 3.05) is 24.5 Å². The van der Waals surface area contributed by atoms with Gasteiger partial charge >= 0.3 is 12.1 Å². The highest BCUT2D eigenvalue weighted by atomic mass is 32.2. The number of fused-ring (bicyclic) bond motifs is 2. The van der Waals surface area contributed by atoms with Crippen LogP contribution in [0.5, 0.6) is 5.75 Å². The molecule has 2 atom stereocenters.